The second-order valence-electron chi connectivity index (χ2n) is 5.38. The smallest absolute Gasteiger partial charge is 0.133 e. The molecule has 0 aliphatic carbocycles. The summed E-state index contributed by atoms with van der Waals surface area (Å²) in [5.41, 5.74) is 6.92. The van der Waals surface area contributed by atoms with Gasteiger partial charge in [-0.1, -0.05) is 33.8 Å². The Kier molecular flexibility index (Phi) is 5.42. The third kappa shape index (κ3) is 4.35. The molecule has 0 saturated heterocycles. The first-order chi connectivity index (χ1) is 8.04. The number of pyridine rings is 1. The fraction of sp³-hybridized carbons (Fsp3) is 0.643. The lowest BCUT2D eigenvalue weighted by Crippen LogP contribution is -2.33. The van der Waals surface area contributed by atoms with Crippen molar-refractivity contribution >= 4 is 5.82 Å². The molecule has 3 heteroatoms. The van der Waals surface area contributed by atoms with E-state index in [1.165, 1.54) is 0 Å². The minimum atomic E-state index is 0.551. The molecule has 0 amide bonds. The highest BCUT2D eigenvalue weighted by Crippen LogP contribution is 2.19. The topological polar surface area (TPSA) is 42.2 Å². The van der Waals surface area contributed by atoms with Crippen molar-refractivity contribution in [3.05, 3.63) is 23.9 Å². The minimum Gasteiger partial charge on any atom is -0.356 e. The molecule has 1 aromatic heterocycles. The van der Waals surface area contributed by atoms with E-state index < -0.39 is 0 Å². The number of hydrogen-bond donors (Lipinski definition) is 1. The Labute approximate surface area is 105 Å². The van der Waals surface area contributed by atoms with E-state index in [0.29, 0.717) is 18.4 Å². The van der Waals surface area contributed by atoms with Crippen molar-refractivity contribution in [3.63, 3.8) is 0 Å². The van der Waals surface area contributed by atoms with Crippen molar-refractivity contribution in [2.24, 2.45) is 17.6 Å². The summed E-state index contributed by atoms with van der Waals surface area (Å²) in [4.78, 5) is 6.86. The van der Waals surface area contributed by atoms with Crippen LogP contribution in [0, 0.1) is 11.8 Å². The van der Waals surface area contributed by atoms with Gasteiger partial charge in [-0.2, -0.15) is 0 Å². The summed E-state index contributed by atoms with van der Waals surface area (Å²) in [6, 6.07) is 4.02. The molecule has 0 spiro atoms. The zero-order valence-electron chi connectivity index (χ0n) is 11.5. The Morgan fingerprint density at radius 1 is 1.18 bits per heavy atom. The zero-order chi connectivity index (χ0) is 12.8. The van der Waals surface area contributed by atoms with Gasteiger partial charge in [0.25, 0.3) is 0 Å². The van der Waals surface area contributed by atoms with Crippen LogP contribution in [-0.4, -0.2) is 18.1 Å². The second-order valence-corrected chi connectivity index (χ2v) is 5.38. The predicted octanol–water partition coefficient (Wildman–Crippen LogP) is 2.66. The molecular weight excluding hydrogens is 210 g/mol. The van der Waals surface area contributed by atoms with Gasteiger partial charge in [0, 0.05) is 31.4 Å². The van der Waals surface area contributed by atoms with Crippen molar-refractivity contribution in [2.45, 2.75) is 34.2 Å². The Morgan fingerprint density at radius 3 is 2.24 bits per heavy atom. The maximum Gasteiger partial charge on any atom is 0.133 e. The number of nitrogens with zero attached hydrogens (tertiary/aromatic N) is 2. The van der Waals surface area contributed by atoms with Crippen LogP contribution in [-0.2, 0) is 6.54 Å². The van der Waals surface area contributed by atoms with Crippen LogP contribution in [0.4, 0.5) is 5.82 Å². The van der Waals surface area contributed by atoms with Gasteiger partial charge < -0.3 is 10.6 Å². The lowest BCUT2D eigenvalue weighted by molar-refractivity contribution is 0.547. The van der Waals surface area contributed by atoms with E-state index in [1.807, 2.05) is 12.3 Å². The number of rotatable bonds is 6. The van der Waals surface area contributed by atoms with E-state index in [0.717, 1.165) is 24.5 Å². The molecule has 0 saturated carbocycles. The van der Waals surface area contributed by atoms with E-state index >= 15 is 0 Å². The molecule has 1 rings (SSSR count). The second kappa shape index (κ2) is 6.60. The Morgan fingerprint density at radius 2 is 1.76 bits per heavy atom. The average Bonchev–Trinajstić information content (AvgIpc) is 2.27. The molecule has 0 unspecified atom stereocenters. The van der Waals surface area contributed by atoms with Crippen molar-refractivity contribution in [1.82, 2.24) is 4.98 Å². The fourth-order valence-electron chi connectivity index (χ4n) is 2.00. The number of hydrogen-bond acceptors (Lipinski definition) is 3. The largest absolute Gasteiger partial charge is 0.356 e. The fourth-order valence-corrected chi connectivity index (χ4v) is 2.00. The van der Waals surface area contributed by atoms with E-state index in [9.17, 15) is 0 Å². The lowest BCUT2D eigenvalue weighted by atomic mass is 10.1. The van der Waals surface area contributed by atoms with Gasteiger partial charge in [0.15, 0.2) is 0 Å². The van der Waals surface area contributed by atoms with Crippen molar-refractivity contribution in [1.29, 1.82) is 0 Å². The predicted molar refractivity (Wildman–Crippen MR) is 74.0 cm³/mol. The van der Waals surface area contributed by atoms with E-state index in [2.05, 4.69) is 43.6 Å². The normalized spacial score (nSPS) is 11.2. The van der Waals surface area contributed by atoms with Gasteiger partial charge >= 0.3 is 0 Å². The summed E-state index contributed by atoms with van der Waals surface area (Å²) in [5, 5.41) is 0. The summed E-state index contributed by atoms with van der Waals surface area (Å²) in [7, 11) is 0. The van der Waals surface area contributed by atoms with Crippen molar-refractivity contribution < 1.29 is 0 Å². The molecule has 96 valence electrons. The molecule has 0 bridgehead atoms. The van der Waals surface area contributed by atoms with E-state index in [4.69, 9.17) is 5.73 Å². The molecule has 0 aliphatic rings. The number of anilines is 1. The van der Waals surface area contributed by atoms with Gasteiger partial charge in [0.1, 0.15) is 5.82 Å². The Balaban J connectivity index is 2.94. The molecule has 0 aromatic carbocycles. The van der Waals surface area contributed by atoms with Crippen LogP contribution in [0.5, 0.6) is 0 Å². The first kappa shape index (κ1) is 14.0. The molecule has 0 fully saturated rings. The molecule has 17 heavy (non-hydrogen) atoms. The first-order valence-corrected chi connectivity index (χ1v) is 6.43. The maximum atomic E-state index is 5.78. The molecule has 2 N–H and O–H groups in total. The van der Waals surface area contributed by atoms with Crippen LogP contribution < -0.4 is 10.6 Å². The van der Waals surface area contributed by atoms with Crippen LogP contribution in [0.2, 0.25) is 0 Å². The molecule has 0 radical (unpaired) electrons. The van der Waals surface area contributed by atoms with Gasteiger partial charge in [0.2, 0.25) is 0 Å². The van der Waals surface area contributed by atoms with Gasteiger partial charge in [-0.05, 0) is 17.9 Å². The molecule has 1 heterocycles. The van der Waals surface area contributed by atoms with Gasteiger partial charge in [0.05, 0.1) is 0 Å². The van der Waals surface area contributed by atoms with Crippen LogP contribution in [0.15, 0.2) is 18.3 Å². The molecular formula is C14H25N3. The summed E-state index contributed by atoms with van der Waals surface area (Å²) >= 11 is 0. The van der Waals surface area contributed by atoms with Gasteiger partial charge in [-0.15, -0.1) is 0 Å². The van der Waals surface area contributed by atoms with Crippen LogP contribution >= 0.6 is 0 Å². The zero-order valence-corrected chi connectivity index (χ0v) is 11.5. The highest BCUT2D eigenvalue weighted by molar-refractivity contribution is 5.46. The van der Waals surface area contributed by atoms with Crippen molar-refractivity contribution in [3.8, 4) is 0 Å². The highest BCUT2D eigenvalue weighted by Gasteiger charge is 2.14. The van der Waals surface area contributed by atoms with Crippen LogP contribution in [0.1, 0.15) is 33.3 Å². The summed E-state index contributed by atoms with van der Waals surface area (Å²) in [6.45, 7) is 11.5. The number of aromatic nitrogens is 1. The minimum absolute atomic E-state index is 0.551. The Bertz CT molecular complexity index is 324. The monoisotopic (exact) mass is 235 g/mol. The van der Waals surface area contributed by atoms with Crippen LogP contribution in [0.3, 0.4) is 0 Å². The van der Waals surface area contributed by atoms with Gasteiger partial charge in [-0.25, -0.2) is 4.98 Å². The van der Waals surface area contributed by atoms with Gasteiger partial charge in [-0.3, -0.25) is 0 Å². The maximum absolute atomic E-state index is 5.78. The van der Waals surface area contributed by atoms with Crippen molar-refractivity contribution in [2.75, 3.05) is 18.0 Å². The summed E-state index contributed by atoms with van der Waals surface area (Å²) in [5.74, 6) is 2.31. The highest BCUT2D eigenvalue weighted by atomic mass is 15.2. The quantitative estimate of drug-likeness (QED) is 0.824. The molecule has 1 aromatic rings. The SMILES string of the molecule is CC(C)CN(CC(C)C)c1ncccc1CN. The Hall–Kier alpha value is -1.09. The molecule has 3 nitrogen and oxygen atoms in total. The number of nitrogens with two attached hydrogens (primary N) is 1. The average molecular weight is 235 g/mol. The molecule has 0 aliphatic heterocycles. The van der Waals surface area contributed by atoms with E-state index in [1.54, 1.807) is 0 Å². The third-order valence-electron chi connectivity index (χ3n) is 2.56. The first-order valence-electron chi connectivity index (χ1n) is 6.43. The third-order valence-corrected chi connectivity index (χ3v) is 2.56. The van der Waals surface area contributed by atoms with E-state index in [-0.39, 0.29) is 0 Å². The van der Waals surface area contributed by atoms with Crippen LogP contribution in [0.25, 0.3) is 0 Å². The summed E-state index contributed by atoms with van der Waals surface area (Å²) < 4.78 is 0. The molecule has 0 atom stereocenters. The lowest BCUT2D eigenvalue weighted by Gasteiger charge is -2.29. The standard InChI is InChI=1S/C14H25N3/c1-11(2)9-17(10-12(3)4)14-13(8-15)6-5-7-16-14/h5-7,11-12H,8-10,15H2,1-4H3. The summed E-state index contributed by atoms with van der Waals surface area (Å²) in [6.07, 6.45) is 1.85.